The number of benzene rings is 3. The topological polar surface area (TPSA) is 107 Å². The Hall–Kier alpha value is -3.63. The number of fused-ring (bicyclic) bond motifs is 2. The molecule has 5 rings (SSSR count). The van der Waals surface area contributed by atoms with E-state index >= 15 is 0 Å². The predicted molar refractivity (Wildman–Crippen MR) is 127 cm³/mol. The molecule has 1 amide bonds. The molecular formula is C23H19N3O5S2. The van der Waals surface area contributed by atoms with Crippen molar-refractivity contribution in [2.75, 3.05) is 23.3 Å². The van der Waals surface area contributed by atoms with Crippen LogP contribution in [0.5, 0.6) is 11.5 Å². The zero-order chi connectivity index (χ0) is 23.0. The molecule has 0 radical (unpaired) electrons. The monoisotopic (exact) mass is 481 g/mol. The van der Waals surface area contributed by atoms with E-state index in [1.54, 1.807) is 42.5 Å². The van der Waals surface area contributed by atoms with E-state index in [1.807, 2.05) is 13.0 Å². The lowest BCUT2D eigenvalue weighted by molar-refractivity contribution is 0.102. The van der Waals surface area contributed by atoms with Gasteiger partial charge in [-0.25, -0.2) is 13.4 Å². The Balaban J connectivity index is 1.40. The molecule has 0 bridgehead atoms. The molecule has 2 heterocycles. The van der Waals surface area contributed by atoms with E-state index in [2.05, 4.69) is 15.0 Å². The summed E-state index contributed by atoms with van der Waals surface area (Å²) in [5, 5.41) is 3.15. The van der Waals surface area contributed by atoms with Crippen LogP contribution in [0, 0.1) is 6.92 Å². The zero-order valence-corrected chi connectivity index (χ0v) is 19.1. The van der Waals surface area contributed by atoms with Crippen molar-refractivity contribution in [1.29, 1.82) is 0 Å². The summed E-state index contributed by atoms with van der Waals surface area (Å²) in [4.78, 5) is 17.6. The third-order valence-corrected chi connectivity index (χ3v) is 7.34. The molecule has 168 valence electrons. The van der Waals surface area contributed by atoms with Gasteiger partial charge in [-0.3, -0.25) is 14.8 Å². The van der Waals surface area contributed by atoms with Crippen molar-refractivity contribution in [3.05, 3.63) is 71.8 Å². The lowest BCUT2D eigenvalue weighted by atomic mass is 10.2. The maximum atomic E-state index is 13.0. The van der Waals surface area contributed by atoms with Crippen LogP contribution in [-0.2, 0) is 10.0 Å². The Morgan fingerprint density at radius 2 is 1.70 bits per heavy atom. The number of sulfonamides is 1. The van der Waals surface area contributed by atoms with Gasteiger partial charge in [0.1, 0.15) is 13.2 Å². The number of hydrogen-bond donors (Lipinski definition) is 2. The molecule has 4 aromatic rings. The highest BCUT2D eigenvalue weighted by atomic mass is 32.2. The van der Waals surface area contributed by atoms with Crippen LogP contribution in [0.4, 0.5) is 10.8 Å². The summed E-state index contributed by atoms with van der Waals surface area (Å²) in [6.45, 7) is 2.83. The minimum absolute atomic E-state index is 0.114. The van der Waals surface area contributed by atoms with Gasteiger partial charge in [0.2, 0.25) is 0 Å². The highest BCUT2D eigenvalue weighted by Gasteiger charge is 2.20. The van der Waals surface area contributed by atoms with Gasteiger partial charge in [0, 0.05) is 12.1 Å². The first-order chi connectivity index (χ1) is 15.9. The molecule has 33 heavy (non-hydrogen) atoms. The zero-order valence-electron chi connectivity index (χ0n) is 17.5. The molecule has 0 atom stereocenters. The summed E-state index contributed by atoms with van der Waals surface area (Å²) >= 11 is 1.29. The van der Waals surface area contributed by atoms with E-state index in [9.17, 15) is 13.2 Å². The molecule has 3 aromatic carbocycles. The van der Waals surface area contributed by atoms with Crippen LogP contribution >= 0.6 is 11.3 Å². The van der Waals surface area contributed by atoms with Crippen LogP contribution in [-0.4, -0.2) is 32.5 Å². The van der Waals surface area contributed by atoms with Gasteiger partial charge in [-0.1, -0.05) is 41.2 Å². The number of aromatic nitrogens is 1. The van der Waals surface area contributed by atoms with E-state index in [1.165, 1.54) is 23.5 Å². The van der Waals surface area contributed by atoms with Crippen molar-refractivity contribution in [3.8, 4) is 11.5 Å². The van der Waals surface area contributed by atoms with E-state index in [0.29, 0.717) is 35.4 Å². The van der Waals surface area contributed by atoms with Gasteiger partial charge >= 0.3 is 0 Å². The third-order valence-electron chi connectivity index (χ3n) is 5.02. The molecule has 0 spiro atoms. The fourth-order valence-electron chi connectivity index (χ4n) is 3.37. The fourth-order valence-corrected chi connectivity index (χ4v) is 5.32. The van der Waals surface area contributed by atoms with Gasteiger partial charge in [0.15, 0.2) is 16.6 Å². The number of para-hydroxylation sites is 1. The van der Waals surface area contributed by atoms with Crippen molar-refractivity contribution in [2.45, 2.75) is 11.8 Å². The summed E-state index contributed by atoms with van der Waals surface area (Å²) in [6.07, 6.45) is 0. The second kappa shape index (κ2) is 8.38. The number of anilines is 2. The molecule has 0 unspecified atom stereocenters. The molecule has 10 heteroatoms. The number of amides is 1. The molecule has 1 aliphatic rings. The number of aryl methyl sites for hydroxylation is 1. The van der Waals surface area contributed by atoms with Crippen molar-refractivity contribution in [2.24, 2.45) is 0 Å². The van der Waals surface area contributed by atoms with E-state index < -0.39 is 15.9 Å². The smallest absolute Gasteiger partial charge is 0.261 e. The quantitative estimate of drug-likeness (QED) is 0.437. The summed E-state index contributed by atoms with van der Waals surface area (Å²) in [7, 11) is -3.86. The average molecular weight is 482 g/mol. The highest BCUT2D eigenvalue weighted by molar-refractivity contribution is 7.92. The lowest BCUT2D eigenvalue weighted by Crippen LogP contribution is -2.18. The summed E-state index contributed by atoms with van der Waals surface area (Å²) < 4.78 is 40.2. The second-order valence-corrected chi connectivity index (χ2v) is 10.1. The highest BCUT2D eigenvalue weighted by Crippen LogP contribution is 2.38. The normalized spacial score (nSPS) is 13.0. The number of ether oxygens (including phenoxy) is 2. The van der Waals surface area contributed by atoms with Crippen molar-refractivity contribution >= 4 is 48.3 Å². The van der Waals surface area contributed by atoms with Gasteiger partial charge in [0.05, 0.1) is 26.4 Å². The number of thiazole rings is 1. The SMILES string of the molecule is Cc1ccc(S(=O)(=O)Nc2ccccc2C(=O)Nc2nc3cc4c(cc3s2)OCCO4)cc1. The number of carbonyl (C=O) groups excluding carboxylic acids is 1. The molecule has 0 aliphatic carbocycles. The first kappa shape index (κ1) is 21.2. The van der Waals surface area contributed by atoms with E-state index in [0.717, 1.165) is 10.3 Å². The van der Waals surface area contributed by atoms with Crippen molar-refractivity contribution in [1.82, 2.24) is 4.98 Å². The Morgan fingerprint density at radius 3 is 2.45 bits per heavy atom. The lowest BCUT2D eigenvalue weighted by Gasteiger charge is -2.17. The third kappa shape index (κ3) is 4.35. The van der Waals surface area contributed by atoms with Crippen LogP contribution in [0.3, 0.4) is 0 Å². The molecule has 8 nitrogen and oxygen atoms in total. The predicted octanol–water partition coefficient (Wildman–Crippen LogP) is 4.43. The Bertz CT molecular complexity index is 1420. The molecule has 1 aliphatic heterocycles. The van der Waals surface area contributed by atoms with Crippen LogP contribution in [0.1, 0.15) is 15.9 Å². The van der Waals surface area contributed by atoms with Crippen LogP contribution in [0.15, 0.2) is 65.6 Å². The van der Waals surface area contributed by atoms with Crippen LogP contribution < -0.4 is 19.5 Å². The van der Waals surface area contributed by atoms with Crippen LogP contribution in [0.2, 0.25) is 0 Å². The molecule has 0 fully saturated rings. The largest absolute Gasteiger partial charge is 0.486 e. The van der Waals surface area contributed by atoms with Crippen molar-refractivity contribution in [3.63, 3.8) is 0 Å². The number of carbonyl (C=O) groups is 1. The molecular weight excluding hydrogens is 462 g/mol. The summed E-state index contributed by atoms with van der Waals surface area (Å²) in [5.41, 5.74) is 1.98. The maximum Gasteiger partial charge on any atom is 0.261 e. The Kier molecular flexibility index (Phi) is 5.39. The van der Waals surface area contributed by atoms with Crippen LogP contribution in [0.25, 0.3) is 10.2 Å². The molecule has 1 aromatic heterocycles. The first-order valence-electron chi connectivity index (χ1n) is 10.1. The van der Waals surface area contributed by atoms with Gasteiger partial charge in [-0.2, -0.15) is 0 Å². The van der Waals surface area contributed by atoms with E-state index in [-0.39, 0.29) is 16.1 Å². The minimum atomic E-state index is -3.86. The van der Waals surface area contributed by atoms with E-state index in [4.69, 9.17) is 9.47 Å². The minimum Gasteiger partial charge on any atom is -0.486 e. The molecule has 0 saturated heterocycles. The number of nitrogens with zero attached hydrogens (tertiary/aromatic N) is 1. The van der Waals surface area contributed by atoms with Gasteiger partial charge in [0.25, 0.3) is 15.9 Å². The van der Waals surface area contributed by atoms with Gasteiger partial charge in [-0.05, 0) is 31.2 Å². The van der Waals surface area contributed by atoms with Crippen molar-refractivity contribution < 1.29 is 22.7 Å². The maximum absolute atomic E-state index is 13.0. The molecule has 0 saturated carbocycles. The molecule has 2 N–H and O–H groups in total. The summed E-state index contributed by atoms with van der Waals surface area (Å²) in [5.74, 6) is 0.785. The van der Waals surface area contributed by atoms with Gasteiger partial charge < -0.3 is 9.47 Å². The summed E-state index contributed by atoms with van der Waals surface area (Å²) in [6, 6.07) is 16.5. The second-order valence-electron chi connectivity index (χ2n) is 7.40. The number of hydrogen-bond acceptors (Lipinski definition) is 7. The number of rotatable bonds is 5. The first-order valence-corrected chi connectivity index (χ1v) is 12.4. The average Bonchev–Trinajstić information content (AvgIpc) is 3.18. The van der Waals surface area contributed by atoms with Gasteiger partial charge in [-0.15, -0.1) is 0 Å². The number of nitrogens with one attached hydrogen (secondary N) is 2. The fraction of sp³-hybridized carbons (Fsp3) is 0.130. The Morgan fingerprint density at radius 1 is 1.00 bits per heavy atom. The standard InChI is InChI=1S/C23H19N3O5S2/c1-14-6-8-15(9-7-14)33(28,29)26-17-5-3-2-4-16(17)22(27)25-23-24-18-12-19-20(13-21(18)32-23)31-11-10-30-19/h2-9,12-13,26H,10-11H2,1H3,(H,24,25,27). The Labute approximate surface area is 194 Å².